The van der Waals surface area contributed by atoms with Gasteiger partial charge in [-0.1, -0.05) is 27.5 Å². The van der Waals surface area contributed by atoms with E-state index in [2.05, 4.69) is 15.9 Å². The van der Waals surface area contributed by atoms with E-state index < -0.39 is 38.5 Å². The van der Waals surface area contributed by atoms with Crippen molar-refractivity contribution >= 4 is 72.9 Å². The molecular formula is C23H13BrClN3O8S. The van der Waals surface area contributed by atoms with E-state index in [-0.39, 0.29) is 27.6 Å². The first-order valence-electron chi connectivity index (χ1n) is 10.1. The average molecular weight is 607 g/mol. The standard InChI is InChI=1S/C23H13BrClN3O8S/c24-14-1-10-20(36-37(34,35)18-8-2-15(25)3-9-18)13(11-14)12-19-21(29)26-23(31)27(22(19)30)16-4-6-17(7-5-16)28(32)33/h1-12H,(H,26,29,31)/b19-12+. The zero-order valence-corrected chi connectivity index (χ0v) is 21.4. The number of hydrogen-bond acceptors (Lipinski definition) is 8. The van der Waals surface area contributed by atoms with E-state index >= 15 is 0 Å². The Balaban J connectivity index is 1.72. The van der Waals surface area contributed by atoms with Crippen molar-refractivity contribution < 1.29 is 31.9 Å². The van der Waals surface area contributed by atoms with Gasteiger partial charge in [0.2, 0.25) is 0 Å². The minimum Gasteiger partial charge on any atom is -0.378 e. The van der Waals surface area contributed by atoms with Crippen LogP contribution in [0.4, 0.5) is 16.2 Å². The second-order valence-corrected chi connectivity index (χ2v) is 10.3. The first-order valence-corrected chi connectivity index (χ1v) is 12.7. The topological polar surface area (TPSA) is 153 Å². The minimum absolute atomic E-state index is 0.0254. The van der Waals surface area contributed by atoms with Gasteiger partial charge in [-0.05, 0) is 60.7 Å². The maximum absolute atomic E-state index is 13.2. The number of amides is 4. The summed E-state index contributed by atoms with van der Waals surface area (Å²) in [5.74, 6) is -2.27. The molecular weight excluding hydrogens is 594 g/mol. The van der Waals surface area contributed by atoms with Gasteiger partial charge < -0.3 is 4.18 Å². The third-order valence-electron chi connectivity index (χ3n) is 4.99. The Morgan fingerprint density at radius 2 is 1.65 bits per heavy atom. The fraction of sp³-hybridized carbons (Fsp3) is 0. The molecule has 3 aromatic carbocycles. The molecule has 188 valence electrons. The molecule has 14 heteroatoms. The molecule has 0 unspecified atom stereocenters. The molecule has 1 N–H and O–H groups in total. The molecule has 0 bridgehead atoms. The Kier molecular flexibility index (Phi) is 7.12. The maximum Gasteiger partial charge on any atom is 0.339 e. The first kappa shape index (κ1) is 26.0. The number of carbonyl (C=O) groups is 3. The molecule has 1 heterocycles. The van der Waals surface area contributed by atoms with Gasteiger partial charge in [-0.15, -0.1) is 0 Å². The van der Waals surface area contributed by atoms with Gasteiger partial charge in [0.15, 0.2) is 0 Å². The van der Waals surface area contributed by atoms with E-state index in [0.29, 0.717) is 14.4 Å². The number of nitrogens with one attached hydrogen (secondary N) is 1. The van der Waals surface area contributed by atoms with E-state index in [1.165, 1.54) is 54.6 Å². The predicted molar refractivity (Wildman–Crippen MR) is 136 cm³/mol. The molecule has 1 fully saturated rings. The smallest absolute Gasteiger partial charge is 0.339 e. The molecule has 1 saturated heterocycles. The Labute approximate surface area is 222 Å². The van der Waals surface area contributed by atoms with Crippen LogP contribution in [-0.4, -0.2) is 31.2 Å². The van der Waals surface area contributed by atoms with Crippen molar-refractivity contribution in [1.29, 1.82) is 0 Å². The summed E-state index contributed by atoms with van der Waals surface area (Å²) in [6.07, 6.45) is 1.07. The molecule has 4 rings (SSSR count). The van der Waals surface area contributed by atoms with Gasteiger partial charge in [-0.2, -0.15) is 8.42 Å². The third-order valence-corrected chi connectivity index (χ3v) is 6.99. The number of urea groups is 1. The van der Waals surface area contributed by atoms with Crippen molar-refractivity contribution in [2.24, 2.45) is 0 Å². The van der Waals surface area contributed by atoms with Crippen LogP contribution in [0.25, 0.3) is 6.08 Å². The van der Waals surface area contributed by atoms with Crippen LogP contribution in [0, 0.1) is 10.1 Å². The normalized spacial score (nSPS) is 15.0. The number of anilines is 1. The number of nitro benzene ring substituents is 1. The van der Waals surface area contributed by atoms with E-state index in [1.807, 2.05) is 5.32 Å². The predicted octanol–water partition coefficient (Wildman–Crippen LogP) is 4.44. The summed E-state index contributed by atoms with van der Waals surface area (Å²) in [7, 11) is -4.32. The molecule has 0 saturated carbocycles. The van der Waals surface area contributed by atoms with Gasteiger partial charge in [0.05, 0.1) is 10.6 Å². The highest BCUT2D eigenvalue weighted by Crippen LogP contribution is 2.30. The van der Waals surface area contributed by atoms with Gasteiger partial charge in [-0.3, -0.25) is 25.0 Å². The molecule has 0 spiro atoms. The van der Waals surface area contributed by atoms with Gasteiger partial charge in [0.25, 0.3) is 17.5 Å². The van der Waals surface area contributed by atoms with Crippen LogP contribution in [0.5, 0.6) is 5.75 Å². The highest BCUT2D eigenvalue weighted by molar-refractivity contribution is 9.10. The highest BCUT2D eigenvalue weighted by Gasteiger charge is 2.37. The molecule has 1 aliphatic heterocycles. The third kappa shape index (κ3) is 5.53. The molecule has 11 nitrogen and oxygen atoms in total. The minimum atomic E-state index is -4.32. The summed E-state index contributed by atoms with van der Waals surface area (Å²) in [6.45, 7) is 0. The van der Waals surface area contributed by atoms with E-state index in [9.17, 15) is 32.9 Å². The number of hydrogen-bond donors (Lipinski definition) is 1. The van der Waals surface area contributed by atoms with Crippen LogP contribution in [0.15, 0.2) is 81.7 Å². The number of benzene rings is 3. The number of nitrogens with zero attached hydrogens (tertiary/aromatic N) is 2. The van der Waals surface area contributed by atoms with Gasteiger partial charge in [0.1, 0.15) is 16.2 Å². The monoisotopic (exact) mass is 605 g/mol. The van der Waals surface area contributed by atoms with Crippen LogP contribution < -0.4 is 14.4 Å². The number of rotatable bonds is 6. The first-order chi connectivity index (χ1) is 17.5. The molecule has 0 atom stereocenters. The quantitative estimate of drug-likeness (QED) is 0.142. The Hall–Kier alpha value is -4.07. The van der Waals surface area contributed by atoms with E-state index in [1.54, 1.807) is 0 Å². The largest absolute Gasteiger partial charge is 0.378 e. The average Bonchev–Trinajstić information content (AvgIpc) is 2.83. The summed E-state index contributed by atoms with van der Waals surface area (Å²) in [6, 6.07) is 12.9. The van der Waals surface area contributed by atoms with Crippen molar-refractivity contribution in [3.05, 3.63) is 97.5 Å². The molecule has 37 heavy (non-hydrogen) atoms. The van der Waals surface area contributed by atoms with Crippen molar-refractivity contribution in [3.8, 4) is 5.75 Å². The summed E-state index contributed by atoms with van der Waals surface area (Å²) in [4.78, 5) is 48.8. The summed E-state index contributed by atoms with van der Waals surface area (Å²) < 4.78 is 31.3. The molecule has 4 amide bonds. The second-order valence-electron chi connectivity index (χ2n) is 7.40. The Morgan fingerprint density at radius 3 is 2.27 bits per heavy atom. The van der Waals surface area contributed by atoms with Crippen molar-refractivity contribution in [2.45, 2.75) is 4.90 Å². The number of halogens is 2. The lowest BCUT2D eigenvalue weighted by Crippen LogP contribution is -2.54. The number of carbonyl (C=O) groups excluding carboxylic acids is 3. The highest BCUT2D eigenvalue weighted by atomic mass is 79.9. The van der Waals surface area contributed by atoms with Crippen LogP contribution in [0.1, 0.15) is 5.56 Å². The molecule has 0 radical (unpaired) electrons. The number of non-ortho nitro benzene ring substituents is 1. The van der Waals surface area contributed by atoms with E-state index in [0.717, 1.165) is 18.2 Å². The van der Waals surface area contributed by atoms with Crippen LogP contribution >= 0.6 is 27.5 Å². The zero-order chi connectivity index (χ0) is 26.9. The zero-order valence-electron chi connectivity index (χ0n) is 18.3. The second kappa shape index (κ2) is 10.1. The van der Waals surface area contributed by atoms with Crippen molar-refractivity contribution in [2.75, 3.05) is 4.90 Å². The lowest BCUT2D eigenvalue weighted by Gasteiger charge is -2.26. The fourth-order valence-corrected chi connectivity index (χ4v) is 4.71. The van der Waals surface area contributed by atoms with Crippen molar-refractivity contribution in [1.82, 2.24) is 5.32 Å². The van der Waals surface area contributed by atoms with Gasteiger partial charge in [0, 0.05) is 27.2 Å². The lowest BCUT2D eigenvalue weighted by atomic mass is 10.1. The molecule has 3 aromatic rings. The van der Waals surface area contributed by atoms with Crippen molar-refractivity contribution in [3.63, 3.8) is 0 Å². The van der Waals surface area contributed by atoms with Gasteiger partial charge >= 0.3 is 16.1 Å². The lowest BCUT2D eigenvalue weighted by molar-refractivity contribution is -0.384. The Morgan fingerprint density at radius 1 is 1.00 bits per heavy atom. The Bertz CT molecular complexity index is 1590. The van der Waals surface area contributed by atoms with Crippen LogP contribution in [-0.2, 0) is 19.7 Å². The molecule has 0 aliphatic carbocycles. The number of imide groups is 2. The summed E-state index contributed by atoms with van der Waals surface area (Å²) in [5, 5.41) is 13.2. The summed E-state index contributed by atoms with van der Waals surface area (Å²) in [5.41, 5.74) is -0.769. The molecule has 1 aliphatic rings. The van der Waals surface area contributed by atoms with E-state index in [4.69, 9.17) is 15.8 Å². The maximum atomic E-state index is 13.2. The SMILES string of the molecule is O=C1NC(=O)N(c2ccc([N+](=O)[O-])cc2)C(=O)/C1=C/c1cc(Br)ccc1OS(=O)(=O)c1ccc(Cl)cc1. The van der Waals surface area contributed by atoms with Gasteiger partial charge in [-0.25, -0.2) is 9.69 Å². The summed E-state index contributed by atoms with van der Waals surface area (Å²) >= 11 is 9.06. The fourth-order valence-electron chi connectivity index (χ4n) is 3.25. The molecule has 0 aromatic heterocycles. The van der Waals surface area contributed by atoms with Crippen LogP contribution in [0.3, 0.4) is 0 Å². The number of nitro groups is 1. The number of barbiturate groups is 1. The van der Waals surface area contributed by atoms with Crippen LogP contribution in [0.2, 0.25) is 5.02 Å².